The van der Waals surface area contributed by atoms with Crippen molar-refractivity contribution >= 4 is 16.6 Å². The number of rotatable bonds is 3. The summed E-state index contributed by atoms with van der Waals surface area (Å²) in [5, 5.41) is 11.4. The van der Waals surface area contributed by atoms with Gasteiger partial charge in [0.2, 0.25) is 0 Å². The van der Waals surface area contributed by atoms with Crippen molar-refractivity contribution in [2.75, 3.05) is 6.54 Å². The van der Waals surface area contributed by atoms with Crippen molar-refractivity contribution in [1.29, 1.82) is 0 Å². The number of carbonyl (C=O) groups is 1. The third kappa shape index (κ3) is 1.96. The predicted octanol–water partition coefficient (Wildman–Crippen LogP) is 1.34. The molecular weight excluding hydrogens is 202 g/mol. The van der Waals surface area contributed by atoms with Crippen LogP contribution in [0.4, 0.5) is 0 Å². The summed E-state index contributed by atoms with van der Waals surface area (Å²) < 4.78 is 0. The van der Waals surface area contributed by atoms with Crippen LogP contribution in [0.5, 0.6) is 0 Å². The highest BCUT2D eigenvalue weighted by atomic mass is 16.3. The van der Waals surface area contributed by atoms with Crippen LogP contribution in [0.2, 0.25) is 0 Å². The molecule has 0 amide bonds. The molecule has 0 aliphatic rings. The molecule has 2 rings (SSSR count). The molecule has 3 nitrogen and oxygen atoms in total. The Labute approximate surface area is 93.5 Å². The molecule has 82 valence electrons. The maximum atomic E-state index is 11.7. The molecule has 3 N–H and O–H groups in total. The fourth-order valence-electron chi connectivity index (χ4n) is 1.64. The summed E-state index contributed by atoms with van der Waals surface area (Å²) in [5.74, 6) is -0.326. The third-order valence-electron chi connectivity index (χ3n) is 2.56. The summed E-state index contributed by atoms with van der Waals surface area (Å²) in [5.41, 5.74) is 5.75. The Bertz CT molecular complexity index is 522. The number of nitrogens with two attached hydrogens (primary N) is 1. The van der Waals surface area contributed by atoms with E-state index in [2.05, 4.69) is 0 Å². The second-order valence-electron chi connectivity index (χ2n) is 3.68. The van der Waals surface area contributed by atoms with Gasteiger partial charge in [-0.05, 0) is 16.8 Å². The van der Waals surface area contributed by atoms with E-state index in [1.807, 2.05) is 30.3 Å². The van der Waals surface area contributed by atoms with Gasteiger partial charge in [-0.15, -0.1) is 0 Å². The zero-order chi connectivity index (χ0) is 11.5. The van der Waals surface area contributed by atoms with Gasteiger partial charge in [0, 0.05) is 12.1 Å². The first-order valence-electron chi connectivity index (χ1n) is 5.13. The van der Waals surface area contributed by atoms with Crippen molar-refractivity contribution in [2.24, 2.45) is 5.73 Å². The van der Waals surface area contributed by atoms with Crippen molar-refractivity contribution in [3.05, 3.63) is 48.0 Å². The highest BCUT2D eigenvalue weighted by Gasteiger charge is 2.15. The Kier molecular flexibility index (Phi) is 2.99. The van der Waals surface area contributed by atoms with Crippen molar-refractivity contribution in [3.63, 3.8) is 0 Å². The number of hydrogen-bond donors (Lipinski definition) is 2. The lowest BCUT2D eigenvalue weighted by atomic mass is 10.0. The number of fused-ring (bicyclic) bond motifs is 1. The molecule has 1 unspecified atom stereocenters. The molecule has 0 saturated heterocycles. The number of aliphatic hydroxyl groups is 1. The average Bonchev–Trinajstić information content (AvgIpc) is 2.36. The molecule has 0 aliphatic carbocycles. The molecule has 0 aromatic heterocycles. The first-order valence-corrected chi connectivity index (χ1v) is 5.13. The van der Waals surface area contributed by atoms with Crippen molar-refractivity contribution in [3.8, 4) is 0 Å². The van der Waals surface area contributed by atoms with E-state index < -0.39 is 6.10 Å². The van der Waals surface area contributed by atoms with E-state index in [-0.39, 0.29) is 12.3 Å². The predicted molar refractivity (Wildman–Crippen MR) is 63.3 cm³/mol. The van der Waals surface area contributed by atoms with Crippen LogP contribution in [0, 0.1) is 0 Å². The average molecular weight is 215 g/mol. The highest BCUT2D eigenvalue weighted by molar-refractivity contribution is 6.02. The van der Waals surface area contributed by atoms with E-state index in [4.69, 9.17) is 5.73 Å². The molecule has 0 fully saturated rings. The SMILES string of the molecule is NCC(O)C(=O)c1ccc2ccccc2c1. The van der Waals surface area contributed by atoms with Crippen molar-refractivity contribution in [2.45, 2.75) is 6.10 Å². The fraction of sp³-hybridized carbons (Fsp3) is 0.154. The summed E-state index contributed by atoms with van der Waals surface area (Å²) >= 11 is 0. The Balaban J connectivity index is 2.43. The summed E-state index contributed by atoms with van der Waals surface area (Å²) in [4.78, 5) is 11.7. The number of ketones is 1. The molecule has 0 radical (unpaired) electrons. The van der Waals surface area contributed by atoms with E-state index >= 15 is 0 Å². The maximum absolute atomic E-state index is 11.7. The minimum Gasteiger partial charge on any atom is -0.384 e. The summed E-state index contributed by atoms with van der Waals surface area (Å²) in [6.45, 7) is -0.0499. The summed E-state index contributed by atoms with van der Waals surface area (Å²) in [6.07, 6.45) is -1.11. The minimum atomic E-state index is -1.11. The Morgan fingerprint density at radius 3 is 2.56 bits per heavy atom. The standard InChI is InChI=1S/C13H13NO2/c14-8-12(15)13(16)11-6-5-9-3-1-2-4-10(9)7-11/h1-7,12,15H,8,14H2. The van der Waals surface area contributed by atoms with E-state index in [0.29, 0.717) is 5.56 Å². The van der Waals surface area contributed by atoms with Crippen LogP contribution in [-0.4, -0.2) is 23.5 Å². The van der Waals surface area contributed by atoms with E-state index in [1.165, 1.54) is 0 Å². The summed E-state index contributed by atoms with van der Waals surface area (Å²) in [7, 11) is 0. The van der Waals surface area contributed by atoms with Gasteiger partial charge in [-0.2, -0.15) is 0 Å². The highest BCUT2D eigenvalue weighted by Crippen LogP contribution is 2.16. The monoisotopic (exact) mass is 215 g/mol. The van der Waals surface area contributed by atoms with E-state index in [9.17, 15) is 9.90 Å². The number of Topliss-reactive ketones (excluding diaryl/α,β-unsaturated/α-hetero) is 1. The molecule has 0 bridgehead atoms. The van der Waals surface area contributed by atoms with Crippen molar-refractivity contribution in [1.82, 2.24) is 0 Å². The molecule has 0 saturated carbocycles. The molecule has 1 atom stereocenters. The molecule has 16 heavy (non-hydrogen) atoms. The number of aliphatic hydroxyl groups excluding tert-OH is 1. The Hall–Kier alpha value is -1.71. The van der Waals surface area contributed by atoms with Gasteiger partial charge in [-0.3, -0.25) is 4.79 Å². The van der Waals surface area contributed by atoms with Crippen LogP contribution in [0.25, 0.3) is 10.8 Å². The first-order chi connectivity index (χ1) is 7.72. The van der Waals surface area contributed by atoms with Crippen LogP contribution in [-0.2, 0) is 0 Å². The molecular formula is C13H13NO2. The second-order valence-corrected chi connectivity index (χ2v) is 3.68. The van der Waals surface area contributed by atoms with Gasteiger partial charge in [-0.1, -0.05) is 36.4 Å². The lowest BCUT2D eigenvalue weighted by Crippen LogP contribution is -2.29. The minimum absolute atomic E-state index is 0.0499. The van der Waals surface area contributed by atoms with Crippen molar-refractivity contribution < 1.29 is 9.90 Å². The van der Waals surface area contributed by atoms with Gasteiger partial charge in [-0.25, -0.2) is 0 Å². The molecule has 2 aromatic carbocycles. The van der Waals surface area contributed by atoms with E-state index in [0.717, 1.165) is 10.8 Å². The molecule has 2 aromatic rings. The van der Waals surface area contributed by atoms with Crippen LogP contribution in [0.3, 0.4) is 0 Å². The quantitative estimate of drug-likeness (QED) is 0.759. The van der Waals surface area contributed by atoms with Gasteiger partial charge in [0.05, 0.1) is 0 Å². The van der Waals surface area contributed by atoms with Gasteiger partial charge in [0.1, 0.15) is 6.10 Å². The summed E-state index contributed by atoms with van der Waals surface area (Å²) in [6, 6.07) is 13.1. The lowest BCUT2D eigenvalue weighted by molar-refractivity contribution is 0.0763. The molecule has 3 heteroatoms. The molecule has 0 spiro atoms. The number of hydrogen-bond acceptors (Lipinski definition) is 3. The van der Waals surface area contributed by atoms with Crippen LogP contribution in [0.15, 0.2) is 42.5 Å². The van der Waals surface area contributed by atoms with Gasteiger partial charge < -0.3 is 10.8 Å². The van der Waals surface area contributed by atoms with Crippen LogP contribution >= 0.6 is 0 Å². The lowest BCUT2D eigenvalue weighted by Gasteiger charge is -2.07. The largest absolute Gasteiger partial charge is 0.384 e. The number of benzene rings is 2. The van der Waals surface area contributed by atoms with Crippen LogP contribution in [0.1, 0.15) is 10.4 Å². The Morgan fingerprint density at radius 1 is 1.19 bits per heavy atom. The maximum Gasteiger partial charge on any atom is 0.192 e. The molecule has 0 aliphatic heterocycles. The Morgan fingerprint density at radius 2 is 1.88 bits per heavy atom. The smallest absolute Gasteiger partial charge is 0.192 e. The van der Waals surface area contributed by atoms with E-state index in [1.54, 1.807) is 12.1 Å². The van der Waals surface area contributed by atoms with Crippen LogP contribution < -0.4 is 5.73 Å². The second kappa shape index (κ2) is 4.43. The van der Waals surface area contributed by atoms with Gasteiger partial charge >= 0.3 is 0 Å². The fourth-order valence-corrected chi connectivity index (χ4v) is 1.64. The molecule has 0 heterocycles. The number of carbonyl (C=O) groups excluding carboxylic acids is 1. The third-order valence-corrected chi connectivity index (χ3v) is 2.56. The zero-order valence-corrected chi connectivity index (χ0v) is 8.76. The van der Waals surface area contributed by atoms with Gasteiger partial charge in [0.15, 0.2) is 5.78 Å². The topological polar surface area (TPSA) is 63.3 Å². The van der Waals surface area contributed by atoms with Gasteiger partial charge in [0.25, 0.3) is 0 Å². The normalized spacial score (nSPS) is 12.6. The first kappa shape index (κ1) is 10.8. The zero-order valence-electron chi connectivity index (χ0n) is 8.76.